The van der Waals surface area contributed by atoms with Crippen LogP contribution in [0.5, 0.6) is 0 Å². The third-order valence-electron chi connectivity index (χ3n) is 3.25. The Morgan fingerprint density at radius 3 is 2.67 bits per heavy atom. The number of likely N-dealkylation sites (tertiary alicyclic amines) is 1. The summed E-state index contributed by atoms with van der Waals surface area (Å²) in [5.41, 5.74) is 0. The Labute approximate surface area is 108 Å². The Kier molecular flexibility index (Phi) is 6.07. The summed E-state index contributed by atoms with van der Waals surface area (Å²) < 4.78 is 0. The van der Waals surface area contributed by atoms with Crippen LogP contribution in [-0.2, 0) is 9.59 Å². The maximum Gasteiger partial charge on any atom is 0.251 e. The molecule has 0 radical (unpaired) electrons. The third kappa shape index (κ3) is 4.27. The second kappa shape index (κ2) is 7.33. The molecule has 0 bridgehead atoms. The lowest BCUT2D eigenvalue weighted by atomic mass is 10.3. The number of hydrogen-bond donors (Lipinski definition) is 2. The Hall–Kier alpha value is -1.14. The van der Waals surface area contributed by atoms with E-state index in [-0.39, 0.29) is 18.4 Å². The molecular weight excluding hydrogens is 234 g/mol. The molecule has 1 aliphatic rings. The molecule has 1 atom stereocenters. The minimum Gasteiger partial charge on any atom is -0.383 e. The number of rotatable bonds is 7. The van der Waals surface area contributed by atoms with E-state index in [1.54, 1.807) is 0 Å². The van der Waals surface area contributed by atoms with E-state index in [2.05, 4.69) is 24.1 Å². The monoisotopic (exact) mass is 257 g/mol. The van der Waals surface area contributed by atoms with Crippen molar-refractivity contribution in [3.8, 4) is 0 Å². The van der Waals surface area contributed by atoms with Crippen LogP contribution in [0.25, 0.3) is 0 Å². The molecule has 1 aliphatic heterocycles. The maximum atomic E-state index is 11.6. The van der Waals surface area contributed by atoms with Crippen LogP contribution in [0.4, 0.5) is 0 Å². The van der Waals surface area contributed by atoms with Crippen molar-refractivity contribution in [2.24, 2.45) is 0 Å². The fourth-order valence-electron chi connectivity index (χ4n) is 2.00. The van der Waals surface area contributed by atoms with Gasteiger partial charge in [-0.15, -0.1) is 0 Å². The van der Waals surface area contributed by atoms with E-state index in [9.17, 15) is 14.7 Å². The highest BCUT2D eigenvalue weighted by Gasteiger charge is 2.30. The Bertz CT molecular complexity index is 292. The number of nitrogens with one attached hydrogen (secondary N) is 1. The van der Waals surface area contributed by atoms with E-state index in [1.807, 2.05) is 0 Å². The summed E-state index contributed by atoms with van der Waals surface area (Å²) in [7, 11) is 0. The van der Waals surface area contributed by atoms with Gasteiger partial charge < -0.3 is 20.2 Å². The predicted molar refractivity (Wildman–Crippen MR) is 68.0 cm³/mol. The first-order chi connectivity index (χ1) is 8.58. The van der Waals surface area contributed by atoms with Crippen molar-refractivity contribution in [1.29, 1.82) is 0 Å². The summed E-state index contributed by atoms with van der Waals surface area (Å²) in [4.78, 5) is 26.6. The van der Waals surface area contributed by atoms with Crippen molar-refractivity contribution in [2.75, 3.05) is 39.3 Å². The van der Waals surface area contributed by atoms with Gasteiger partial charge in [0, 0.05) is 19.6 Å². The normalized spacial score (nSPS) is 19.7. The lowest BCUT2D eigenvalue weighted by molar-refractivity contribution is -0.137. The first-order valence-corrected chi connectivity index (χ1v) is 6.54. The number of carbonyl (C=O) groups excluding carboxylic acids is 2. The van der Waals surface area contributed by atoms with E-state index in [0.29, 0.717) is 19.5 Å². The van der Waals surface area contributed by atoms with E-state index in [0.717, 1.165) is 19.6 Å². The van der Waals surface area contributed by atoms with Gasteiger partial charge in [-0.3, -0.25) is 9.59 Å². The topological polar surface area (TPSA) is 72.9 Å². The van der Waals surface area contributed by atoms with Crippen molar-refractivity contribution in [3.05, 3.63) is 0 Å². The molecule has 0 saturated carbocycles. The van der Waals surface area contributed by atoms with E-state index >= 15 is 0 Å². The predicted octanol–water partition coefficient (Wildman–Crippen LogP) is -0.962. The number of likely N-dealkylation sites (N-methyl/N-ethyl adjacent to an activating group) is 1. The molecule has 2 N–H and O–H groups in total. The minimum absolute atomic E-state index is 0.0497. The largest absolute Gasteiger partial charge is 0.383 e. The van der Waals surface area contributed by atoms with Gasteiger partial charge in [-0.1, -0.05) is 13.8 Å². The van der Waals surface area contributed by atoms with Gasteiger partial charge >= 0.3 is 0 Å². The second-order valence-corrected chi connectivity index (χ2v) is 4.44. The molecule has 1 saturated heterocycles. The van der Waals surface area contributed by atoms with Crippen molar-refractivity contribution in [2.45, 2.75) is 26.4 Å². The van der Waals surface area contributed by atoms with Crippen LogP contribution in [-0.4, -0.2) is 72.1 Å². The highest BCUT2D eigenvalue weighted by atomic mass is 16.3. The fourth-order valence-corrected chi connectivity index (χ4v) is 2.00. The van der Waals surface area contributed by atoms with Gasteiger partial charge in [-0.2, -0.15) is 0 Å². The van der Waals surface area contributed by atoms with Gasteiger partial charge in [-0.25, -0.2) is 0 Å². The minimum atomic E-state index is -0.923. The quantitative estimate of drug-likeness (QED) is 0.616. The van der Waals surface area contributed by atoms with Crippen molar-refractivity contribution in [3.63, 3.8) is 0 Å². The third-order valence-corrected chi connectivity index (χ3v) is 3.25. The molecule has 0 aromatic heterocycles. The molecule has 6 heteroatoms. The standard InChI is InChI=1S/C12H23N3O3/c1-3-14(4-2)8-6-13-11(17)9-15-7-5-10(16)12(15)18/h10,16H,3-9H2,1-2H3,(H,13,17). The zero-order valence-electron chi connectivity index (χ0n) is 11.2. The molecule has 1 fully saturated rings. The van der Waals surface area contributed by atoms with Gasteiger partial charge in [0.25, 0.3) is 5.91 Å². The summed E-state index contributed by atoms with van der Waals surface area (Å²) in [6.07, 6.45) is -0.501. The number of hydrogen-bond acceptors (Lipinski definition) is 4. The van der Waals surface area contributed by atoms with Crippen LogP contribution < -0.4 is 5.32 Å². The highest BCUT2D eigenvalue weighted by Crippen LogP contribution is 2.09. The summed E-state index contributed by atoms with van der Waals surface area (Å²) in [6.45, 7) is 8.00. The highest BCUT2D eigenvalue weighted by molar-refractivity contribution is 5.88. The van der Waals surface area contributed by atoms with Gasteiger partial charge in [0.2, 0.25) is 5.91 Å². The molecule has 0 aromatic rings. The number of amides is 2. The smallest absolute Gasteiger partial charge is 0.251 e. The van der Waals surface area contributed by atoms with E-state index in [1.165, 1.54) is 4.90 Å². The van der Waals surface area contributed by atoms with Gasteiger partial charge in [0.15, 0.2) is 0 Å². The van der Waals surface area contributed by atoms with Crippen molar-refractivity contribution >= 4 is 11.8 Å². The average molecular weight is 257 g/mol. The Balaban J connectivity index is 2.20. The molecule has 0 aromatic carbocycles. The van der Waals surface area contributed by atoms with Crippen molar-refractivity contribution in [1.82, 2.24) is 15.1 Å². The summed E-state index contributed by atoms with van der Waals surface area (Å²) >= 11 is 0. The van der Waals surface area contributed by atoms with Crippen molar-refractivity contribution < 1.29 is 14.7 Å². The molecule has 1 rings (SSSR count). The molecule has 1 heterocycles. The van der Waals surface area contributed by atoms with Gasteiger partial charge in [0.05, 0.1) is 6.54 Å². The van der Waals surface area contributed by atoms with Crippen LogP contribution in [0.2, 0.25) is 0 Å². The Morgan fingerprint density at radius 1 is 1.50 bits per heavy atom. The lowest BCUT2D eigenvalue weighted by Crippen LogP contribution is -2.42. The molecule has 104 valence electrons. The first kappa shape index (κ1) is 14.9. The van der Waals surface area contributed by atoms with Crippen LogP contribution >= 0.6 is 0 Å². The SMILES string of the molecule is CCN(CC)CCNC(=O)CN1CCC(O)C1=O. The van der Waals surface area contributed by atoms with Crippen LogP contribution in [0.15, 0.2) is 0 Å². The number of aliphatic hydroxyl groups is 1. The molecule has 0 aliphatic carbocycles. The van der Waals surface area contributed by atoms with Crippen LogP contribution in [0.3, 0.4) is 0 Å². The molecule has 6 nitrogen and oxygen atoms in total. The van der Waals surface area contributed by atoms with E-state index in [4.69, 9.17) is 0 Å². The molecule has 1 unspecified atom stereocenters. The number of nitrogens with zero attached hydrogens (tertiary/aromatic N) is 2. The summed E-state index contributed by atoms with van der Waals surface area (Å²) in [5.74, 6) is -0.501. The van der Waals surface area contributed by atoms with Crippen LogP contribution in [0, 0.1) is 0 Å². The van der Waals surface area contributed by atoms with Gasteiger partial charge in [-0.05, 0) is 19.5 Å². The summed E-state index contributed by atoms with van der Waals surface area (Å²) in [5, 5.41) is 12.1. The molecule has 18 heavy (non-hydrogen) atoms. The molecule has 2 amide bonds. The van der Waals surface area contributed by atoms with Gasteiger partial charge in [0.1, 0.15) is 6.10 Å². The summed E-state index contributed by atoms with van der Waals surface area (Å²) in [6, 6.07) is 0. The second-order valence-electron chi connectivity index (χ2n) is 4.44. The number of aliphatic hydroxyl groups excluding tert-OH is 1. The van der Waals surface area contributed by atoms with Crippen LogP contribution in [0.1, 0.15) is 20.3 Å². The zero-order valence-corrected chi connectivity index (χ0v) is 11.2. The maximum absolute atomic E-state index is 11.6. The molecular formula is C12H23N3O3. The fraction of sp³-hybridized carbons (Fsp3) is 0.833. The van der Waals surface area contributed by atoms with E-state index < -0.39 is 6.10 Å². The molecule has 0 spiro atoms. The zero-order chi connectivity index (χ0) is 13.5. The lowest BCUT2D eigenvalue weighted by Gasteiger charge is -2.19. The first-order valence-electron chi connectivity index (χ1n) is 6.54. The number of carbonyl (C=O) groups is 2. The Morgan fingerprint density at radius 2 is 2.17 bits per heavy atom. The average Bonchev–Trinajstić information content (AvgIpc) is 2.67.